The van der Waals surface area contributed by atoms with E-state index in [1.165, 1.54) is 0 Å². The van der Waals surface area contributed by atoms with Gasteiger partial charge in [0.2, 0.25) is 0 Å². The van der Waals surface area contributed by atoms with E-state index in [0.29, 0.717) is 0 Å². The Bertz CT molecular complexity index is 15.2. The summed E-state index contributed by atoms with van der Waals surface area (Å²) < 4.78 is 0. The predicted octanol–water partition coefficient (Wildman–Crippen LogP) is -10.5. The van der Waals surface area contributed by atoms with Crippen LogP contribution >= 0.6 is 0 Å². The monoisotopic (exact) mass is 190 g/mol. The molecule has 0 unspecified atom stereocenters. The van der Waals surface area contributed by atoms with Crippen molar-refractivity contribution in [1.29, 1.82) is 0 Å². The Hall–Kier alpha value is 6.55. The first-order valence-corrected chi connectivity index (χ1v) is 1.00. The molecule has 0 saturated carbocycles. The van der Waals surface area contributed by atoms with Crippen molar-refractivity contribution in [3.05, 3.63) is 0 Å². The second-order valence-corrected chi connectivity index (χ2v) is 0. The van der Waals surface area contributed by atoms with E-state index in [-0.39, 0.29) is 211 Å². The van der Waals surface area contributed by atoms with Gasteiger partial charge in [0.1, 0.15) is 0 Å². The Kier molecular flexibility index (Phi) is 147. The molecule has 0 aromatic rings. The molecule has 0 heterocycles. The molecular weight excluding hydrogens is 180 g/mol. The van der Waals surface area contributed by atoms with E-state index in [9.17, 15) is 0 Å². The van der Waals surface area contributed by atoms with Crippen LogP contribution in [0.2, 0.25) is 0 Å². The maximum absolute atomic E-state index is 2.00. The molecule has 0 aliphatic heterocycles. The number of hydrogen-bond acceptors (Lipinski definition) is 0. The molecule has 0 saturated heterocycles. The standard InChI is InChI=1S/C2H6.4K.4H/c1-2;;;;;;;;/h1-2H3;;;;;;;;/q;4*+1;4*-1. The molecule has 22 valence electrons. The molecule has 0 aliphatic rings. The van der Waals surface area contributed by atoms with Gasteiger partial charge in [-0.25, -0.2) is 0 Å². The summed E-state index contributed by atoms with van der Waals surface area (Å²) in [7, 11) is 0. The number of hydrogen-bond donors (Lipinski definition) is 0. The van der Waals surface area contributed by atoms with Crippen LogP contribution in [0.5, 0.6) is 0 Å². The van der Waals surface area contributed by atoms with Crippen molar-refractivity contribution in [2.24, 2.45) is 0 Å². The van der Waals surface area contributed by atoms with Crippen LogP contribution in [-0.4, -0.2) is 0 Å². The van der Waals surface area contributed by atoms with E-state index in [2.05, 4.69) is 0 Å². The zero-order chi connectivity index (χ0) is 2.00. The Balaban J connectivity index is -0.000000000179. The zero-order valence-electron chi connectivity index (χ0n) is 10.0. The van der Waals surface area contributed by atoms with Gasteiger partial charge in [-0.2, -0.15) is 0 Å². The third-order valence-electron chi connectivity index (χ3n) is 0. The first kappa shape index (κ1) is 29.4. The van der Waals surface area contributed by atoms with Crippen molar-refractivity contribution in [3.8, 4) is 0 Å². The topological polar surface area (TPSA) is 0 Å². The molecule has 0 spiro atoms. The van der Waals surface area contributed by atoms with Gasteiger partial charge < -0.3 is 5.71 Å². The fraction of sp³-hybridized carbons (Fsp3) is 1.00. The maximum atomic E-state index is 2.00. The summed E-state index contributed by atoms with van der Waals surface area (Å²) in [5.41, 5.74) is 0. The van der Waals surface area contributed by atoms with Gasteiger partial charge in [0.05, 0.1) is 0 Å². The Labute approximate surface area is 217 Å². The van der Waals surface area contributed by atoms with Crippen molar-refractivity contribution in [2.75, 3.05) is 0 Å². The minimum atomic E-state index is 0. The van der Waals surface area contributed by atoms with Crippen molar-refractivity contribution < 1.29 is 211 Å². The molecule has 0 fully saturated rings. The van der Waals surface area contributed by atoms with Gasteiger partial charge in [0.25, 0.3) is 0 Å². The molecule has 0 bridgehead atoms. The Morgan fingerprint density at radius 2 is 0.667 bits per heavy atom. The van der Waals surface area contributed by atoms with Crippen molar-refractivity contribution in [3.63, 3.8) is 0 Å². The van der Waals surface area contributed by atoms with Crippen LogP contribution in [0.3, 0.4) is 0 Å². The van der Waals surface area contributed by atoms with E-state index in [0.717, 1.165) is 0 Å². The summed E-state index contributed by atoms with van der Waals surface area (Å²) in [4.78, 5) is 0. The molecule has 0 rings (SSSR count). The Morgan fingerprint density at radius 3 is 0.667 bits per heavy atom. The van der Waals surface area contributed by atoms with Crippen LogP contribution in [-0.2, 0) is 0 Å². The first-order chi connectivity index (χ1) is 1.00. The zero-order valence-corrected chi connectivity index (χ0v) is 18.5. The van der Waals surface area contributed by atoms with Gasteiger partial charge in [0.15, 0.2) is 0 Å². The number of rotatable bonds is 0. The van der Waals surface area contributed by atoms with E-state index in [4.69, 9.17) is 0 Å². The third-order valence-corrected chi connectivity index (χ3v) is 0. The SMILES string of the molecule is CC.[H-].[H-].[H-].[H-].[K+].[K+].[K+].[K+]. The molecule has 6 heavy (non-hydrogen) atoms. The van der Waals surface area contributed by atoms with Gasteiger partial charge in [-0.1, -0.05) is 13.8 Å². The molecule has 0 aromatic heterocycles. The summed E-state index contributed by atoms with van der Waals surface area (Å²) >= 11 is 0. The summed E-state index contributed by atoms with van der Waals surface area (Å²) in [6.45, 7) is 4.00. The van der Waals surface area contributed by atoms with E-state index in [1.807, 2.05) is 13.8 Å². The third kappa shape index (κ3) is 22.4. The van der Waals surface area contributed by atoms with Crippen molar-refractivity contribution >= 4 is 0 Å². The molecule has 0 aromatic carbocycles. The second-order valence-electron chi connectivity index (χ2n) is 0. The average Bonchev–Trinajstić information content (AvgIpc) is 1.00. The smallest absolute Gasteiger partial charge is 1.00 e. The van der Waals surface area contributed by atoms with Crippen LogP contribution in [0.4, 0.5) is 0 Å². The van der Waals surface area contributed by atoms with Crippen LogP contribution in [0.25, 0.3) is 0 Å². The first-order valence-electron chi connectivity index (χ1n) is 1.00. The van der Waals surface area contributed by atoms with Crippen molar-refractivity contribution in [2.45, 2.75) is 13.8 Å². The fourth-order valence-electron chi connectivity index (χ4n) is 0. The molecule has 4 heteroatoms. The van der Waals surface area contributed by atoms with Crippen LogP contribution < -0.4 is 206 Å². The normalized spacial score (nSPS) is 1.00. The second kappa shape index (κ2) is 30.0. The molecular formula is C2H10K4. The molecule has 0 amide bonds. The van der Waals surface area contributed by atoms with Crippen LogP contribution in [0.15, 0.2) is 0 Å². The summed E-state index contributed by atoms with van der Waals surface area (Å²) in [6.07, 6.45) is 0. The van der Waals surface area contributed by atoms with E-state index >= 15 is 0 Å². The van der Waals surface area contributed by atoms with Gasteiger partial charge in [-0.05, 0) is 0 Å². The molecule has 0 N–H and O–H groups in total. The minimum Gasteiger partial charge on any atom is -1.00 e. The Morgan fingerprint density at radius 1 is 0.667 bits per heavy atom. The molecule has 0 radical (unpaired) electrons. The quantitative estimate of drug-likeness (QED) is 0.333. The summed E-state index contributed by atoms with van der Waals surface area (Å²) in [6, 6.07) is 0. The van der Waals surface area contributed by atoms with Crippen LogP contribution in [0, 0.1) is 0 Å². The van der Waals surface area contributed by atoms with Gasteiger partial charge in [-0.15, -0.1) is 0 Å². The summed E-state index contributed by atoms with van der Waals surface area (Å²) in [5, 5.41) is 0. The van der Waals surface area contributed by atoms with Crippen molar-refractivity contribution in [1.82, 2.24) is 0 Å². The van der Waals surface area contributed by atoms with Gasteiger partial charge in [-0.3, -0.25) is 0 Å². The average molecular weight is 190 g/mol. The van der Waals surface area contributed by atoms with E-state index < -0.39 is 0 Å². The largest absolute Gasteiger partial charge is 1.00 e. The van der Waals surface area contributed by atoms with Crippen LogP contribution in [0.1, 0.15) is 19.6 Å². The fourth-order valence-corrected chi connectivity index (χ4v) is 0. The van der Waals surface area contributed by atoms with E-state index in [1.54, 1.807) is 0 Å². The predicted molar refractivity (Wildman–Crippen MR) is 15.8 cm³/mol. The van der Waals surface area contributed by atoms with Gasteiger partial charge >= 0.3 is 206 Å². The molecule has 0 aliphatic carbocycles. The summed E-state index contributed by atoms with van der Waals surface area (Å²) in [5.74, 6) is 0. The molecule has 0 nitrogen and oxygen atoms in total. The van der Waals surface area contributed by atoms with Gasteiger partial charge in [0, 0.05) is 0 Å². The minimum absolute atomic E-state index is 0. The molecule has 0 atom stereocenters. The maximum Gasteiger partial charge on any atom is 1.00 e.